The van der Waals surface area contributed by atoms with E-state index in [1.54, 1.807) is 6.07 Å². The molecule has 0 bridgehead atoms. The number of nitrogens with two attached hydrogens (primary N) is 2. The van der Waals surface area contributed by atoms with Gasteiger partial charge in [0, 0.05) is 12.1 Å². The Kier molecular flexibility index (Phi) is 5.76. The van der Waals surface area contributed by atoms with E-state index in [9.17, 15) is 10.2 Å². The van der Waals surface area contributed by atoms with Crippen molar-refractivity contribution >= 4 is 5.69 Å². The molecule has 23 heavy (non-hydrogen) atoms. The second-order valence-corrected chi connectivity index (χ2v) is 7.15. The maximum Gasteiger partial charge on any atom is 0.184 e. The number of rotatable bonds is 5. The average molecular weight is 322 g/mol. The highest BCUT2D eigenvalue weighted by atomic mass is 16.5. The lowest BCUT2D eigenvalue weighted by Crippen LogP contribution is -2.36. The van der Waals surface area contributed by atoms with Gasteiger partial charge in [-0.1, -0.05) is 33.3 Å². The molecule has 130 valence electrons. The van der Waals surface area contributed by atoms with Gasteiger partial charge in [0.2, 0.25) is 0 Å². The van der Waals surface area contributed by atoms with Crippen LogP contribution in [0.4, 0.5) is 5.69 Å². The zero-order chi connectivity index (χ0) is 17.1. The van der Waals surface area contributed by atoms with Crippen LogP contribution in [-0.2, 0) is 0 Å². The van der Waals surface area contributed by atoms with Crippen LogP contribution in [0.1, 0.15) is 51.7 Å². The number of phenolic OH excluding ortho intramolecular Hbond substituents is 1. The molecule has 2 rings (SSSR count). The smallest absolute Gasteiger partial charge is 0.184 e. The van der Waals surface area contributed by atoms with Crippen LogP contribution in [-0.4, -0.2) is 22.9 Å². The number of benzene rings is 1. The normalized spacial score (nSPS) is 26.3. The first-order chi connectivity index (χ1) is 10.8. The van der Waals surface area contributed by atoms with Crippen molar-refractivity contribution in [3.63, 3.8) is 0 Å². The highest BCUT2D eigenvalue weighted by molar-refractivity contribution is 5.65. The molecule has 5 nitrogen and oxygen atoms in total. The van der Waals surface area contributed by atoms with Crippen molar-refractivity contribution in [2.75, 3.05) is 12.3 Å². The van der Waals surface area contributed by atoms with Gasteiger partial charge in [0.05, 0.1) is 11.8 Å². The van der Waals surface area contributed by atoms with Crippen LogP contribution in [0.15, 0.2) is 12.1 Å². The van der Waals surface area contributed by atoms with Crippen LogP contribution >= 0.6 is 0 Å². The minimum Gasteiger partial charge on any atom is -0.504 e. The van der Waals surface area contributed by atoms with Crippen LogP contribution in [0.2, 0.25) is 0 Å². The summed E-state index contributed by atoms with van der Waals surface area (Å²) in [5.41, 5.74) is 12.4. The van der Waals surface area contributed by atoms with Crippen LogP contribution < -0.4 is 16.2 Å². The van der Waals surface area contributed by atoms with E-state index in [-0.39, 0.29) is 29.8 Å². The largest absolute Gasteiger partial charge is 0.504 e. The zero-order valence-corrected chi connectivity index (χ0v) is 14.3. The fourth-order valence-electron chi connectivity index (χ4n) is 3.55. The monoisotopic (exact) mass is 322 g/mol. The number of anilines is 1. The fourth-order valence-corrected chi connectivity index (χ4v) is 3.55. The number of nitrogen functional groups attached to an aromatic ring is 1. The molecule has 0 heterocycles. The molecule has 1 aromatic rings. The summed E-state index contributed by atoms with van der Waals surface area (Å²) in [5, 5.41) is 20.1. The Morgan fingerprint density at radius 3 is 2.61 bits per heavy atom. The number of phenols is 1. The van der Waals surface area contributed by atoms with Gasteiger partial charge in [-0.3, -0.25) is 0 Å². The molecule has 0 saturated heterocycles. The van der Waals surface area contributed by atoms with Gasteiger partial charge in [0.1, 0.15) is 6.10 Å². The van der Waals surface area contributed by atoms with Gasteiger partial charge < -0.3 is 26.4 Å². The molecule has 0 unspecified atom stereocenters. The quantitative estimate of drug-likeness (QED) is 0.624. The van der Waals surface area contributed by atoms with E-state index >= 15 is 0 Å². The number of hydrogen-bond acceptors (Lipinski definition) is 5. The van der Waals surface area contributed by atoms with E-state index < -0.39 is 6.10 Å². The first-order valence-electron chi connectivity index (χ1n) is 8.51. The SMILES string of the molecule is CC(C)[C@H]1CC[C@@H](C)C[C@H]1Oc1c(O)ccc([C@@H](O)CN)c1N. The molecule has 0 spiro atoms. The summed E-state index contributed by atoms with van der Waals surface area (Å²) in [7, 11) is 0. The van der Waals surface area contributed by atoms with Crippen molar-refractivity contribution in [1.29, 1.82) is 0 Å². The maximum absolute atomic E-state index is 10.2. The Morgan fingerprint density at radius 2 is 2.00 bits per heavy atom. The second-order valence-electron chi connectivity index (χ2n) is 7.15. The van der Waals surface area contributed by atoms with Crippen LogP contribution in [0.25, 0.3) is 0 Å². The van der Waals surface area contributed by atoms with E-state index in [4.69, 9.17) is 16.2 Å². The summed E-state index contributed by atoms with van der Waals surface area (Å²) < 4.78 is 6.17. The molecule has 1 aliphatic carbocycles. The Labute approximate surface area is 138 Å². The predicted molar refractivity (Wildman–Crippen MR) is 92.3 cm³/mol. The highest BCUT2D eigenvalue weighted by Crippen LogP contribution is 2.42. The maximum atomic E-state index is 10.2. The number of aliphatic hydroxyl groups is 1. The summed E-state index contributed by atoms with van der Waals surface area (Å²) in [4.78, 5) is 0. The Morgan fingerprint density at radius 1 is 1.30 bits per heavy atom. The summed E-state index contributed by atoms with van der Waals surface area (Å²) in [5.74, 6) is 1.83. The minimum absolute atomic E-state index is 0.0104. The number of ether oxygens (including phenoxy) is 1. The summed E-state index contributed by atoms with van der Waals surface area (Å²) in [6.07, 6.45) is 2.44. The molecule has 1 saturated carbocycles. The van der Waals surface area contributed by atoms with Crippen molar-refractivity contribution in [2.45, 2.75) is 52.2 Å². The van der Waals surface area contributed by atoms with Crippen molar-refractivity contribution in [3.8, 4) is 11.5 Å². The van der Waals surface area contributed by atoms with Gasteiger partial charge >= 0.3 is 0 Å². The van der Waals surface area contributed by atoms with Gasteiger partial charge in [0.25, 0.3) is 0 Å². The van der Waals surface area contributed by atoms with Crippen LogP contribution in [0, 0.1) is 17.8 Å². The predicted octanol–water partition coefficient (Wildman–Crippen LogP) is 2.81. The molecule has 1 aromatic carbocycles. The lowest BCUT2D eigenvalue weighted by atomic mass is 9.75. The molecule has 1 aliphatic rings. The molecule has 4 atom stereocenters. The molecular formula is C18H30N2O3. The summed E-state index contributed by atoms with van der Waals surface area (Å²) >= 11 is 0. The lowest BCUT2D eigenvalue weighted by molar-refractivity contribution is 0.0444. The van der Waals surface area contributed by atoms with Crippen molar-refractivity contribution < 1.29 is 14.9 Å². The van der Waals surface area contributed by atoms with Gasteiger partial charge in [-0.15, -0.1) is 0 Å². The summed E-state index contributed by atoms with van der Waals surface area (Å²) in [6, 6.07) is 3.11. The average Bonchev–Trinajstić information content (AvgIpc) is 2.50. The van der Waals surface area contributed by atoms with E-state index in [1.165, 1.54) is 12.5 Å². The molecule has 0 aliphatic heterocycles. The second kappa shape index (κ2) is 7.41. The number of aromatic hydroxyl groups is 1. The molecular weight excluding hydrogens is 292 g/mol. The highest BCUT2D eigenvalue weighted by Gasteiger charge is 2.33. The van der Waals surface area contributed by atoms with Crippen molar-refractivity contribution in [2.24, 2.45) is 23.5 Å². The van der Waals surface area contributed by atoms with Gasteiger partial charge in [0.15, 0.2) is 11.5 Å². The van der Waals surface area contributed by atoms with E-state index in [0.29, 0.717) is 23.3 Å². The van der Waals surface area contributed by atoms with Gasteiger partial charge in [-0.2, -0.15) is 0 Å². The van der Waals surface area contributed by atoms with Crippen LogP contribution in [0.3, 0.4) is 0 Å². The Hall–Kier alpha value is -1.46. The number of hydrogen-bond donors (Lipinski definition) is 4. The third kappa shape index (κ3) is 3.90. The first kappa shape index (κ1) is 17.9. The molecule has 0 radical (unpaired) electrons. The topological polar surface area (TPSA) is 102 Å². The number of aliphatic hydroxyl groups excluding tert-OH is 1. The van der Waals surface area contributed by atoms with Crippen molar-refractivity contribution in [1.82, 2.24) is 0 Å². The molecule has 5 heteroatoms. The Balaban J connectivity index is 2.30. The Bertz CT molecular complexity index is 533. The van der Waals surface area contributed by atoms with Gasteiger partial charge in [-0.05, 0) is 36.7 Å². The first-order valence-corrected chi connectivity index (χ1v) is 8.51. The minimum atomic E-state index is -0.857. The third-order valence-electron chi connectivity index (χ3n) is 5.02. The van der Waals surface area contributed by atoms with Crippen molar-refractivity contribution in [3.05, 3.63) is 17.7 Å². The fraction of sp³-hybridized carbons (Fsp3) is 0.667. The van der Waals surface area contributed by atoms with Crippen LogP contribution in [0.5, 0.6) is 11.5 Å². The molecule has 0 amide bonds. The zero-order valence-electron chi connectivity index (χ0n) is 14.3. The molecule has 6 N–H and O–H groups in total. The standard InChI is InChI=1S/C18H30N2O3/c1-10(2)12-5-4-11(3)8-16(12)23-18-14(21)7-6-13(17(18)20)15(22)9-19/h6-7,10-12,15-16,21-22H,4-5,8-9,19-20H2,1-3H3/t11-,12-,15+,16-/m1/s1. The lowest BCUT2D eigenvalue weighted by Gasteiger charge is -2.37. The summed E-state index contributed by atoms with van der Waals surface area (Å²) in [6.45, 7) is 6.71. The third-order valence-corrected chi connectivity index (χ3v) is 5.02. The molecule has 0 aromatic heterocycles. The van der Waals surface area contributed by atoms with E-state index in [2.05, 4.69) is 20.8 Å². The molecule has 1 fully saturated rings. The van der Waals surface area contributed by atoms with E-state index in [0.717, 1.165) is 12.8 Å². The van der Waals surface area contributed by atoms with Gasteiger partial charge in [-0.25, -0.2) is 0 Å². The van der Waals surface area contributed by atoms with E-state index in [1.807, 2.05) is 0 Å².